The van der Waals surface area contributed by atoms with Gasteiger partial charge in [0.2, 0.25) is 0 Å². The van der Waals surface area contributed by atoms with Crippen molar-refractivity contribution in [1.82, 2.24) is 0 Å². The Hall–Kier alpha value is -2.62. The third-order valence-electron chi connectivity index (χ3n) is 4.20. The number of nitrogens with one attached hydrogen (secondary N) is 1. The van der Waals surface area contributed by atoms with Crippen molar-refractivity contribution in [3.8, 4) is 0 Å². The fraction of sp³-hybridized carbons (Fsp3) is 0.364. The summed E-state index contributed by atoms with van der Waals surface area (Å²) < 4.78 is 5.09. The zero-order valence-electron chi connectivity index (χ0n) is 15.7. The third kappa shape index (κ3) is 6.03. The predicted octanol–water partition coefficient (Wildman–Crippen LogP) is 4.95. The van der Waals surface area contributed by atoms with Crippen LogP contribution in [0, 0.1) is 0 Å². The van der Waals surface area contributed by atoms with Gasteiger partial charge in [-0.3, -0.25) is 4.79 Å². The van der Waals surface area contributed by atoms with E-state index in [1.165, 1.54) is 5.56 Å². The lowest BCUT2D eigenvalue weighted by molar-refractivity contribution is -0.119. The maximum absolute atomic E-state index is 12.0. The van der Waals surface area contributed by atoms with Crippen molar-refractivity contribution in [1.29, 1.82) is 0 Å². The predicted molar refractivity (Wildman–Crippen MR) is 104 cm³/mol. The highest BCUT2D eigenvalue weighted by molar-refractivity contribution is 5.95. The van der Waals surface area contributed by atoms with Crippen molar-refractivity contribution in [2.75, 3.05) is 11.9 Å². The number of carbonyl (C=O) groups is 2. The number of esters is 1. The molecule has 0 radical (unpaired) electrons. The van der Waals surface area contributed by atoms with Crippen molar-refractivity contribution >= 4 is 17.6 Å². The number of hydrogen-bond acceptors (Lipinski definition) is 3. The SMILES string of the molecule is CCCCc1ccc(NC(=O)COC(=O)c2ccc(C(C)C)cc2)cc1. The van der Waals surface area contributed by atoms with Crippen molar-refractivity contribution in [3.63, 3.8) is 0 Å². The molecule has 0 heterocycles. The van der Waals surface area contributed by atoms with E-state index < -0.39 is 5.97 Å². The molecule has 4 nitrogen and oxygen atoms in total. The molecule has 0 saturated carbocycles. The molecule has 2 rings (SSSR count). The van der Waals surface area contributed by atoms with E-state index in [0.717, 1.165) is 24.8 Å². The normalized spacial score (nSPS) is 10.6. The molecule has 2 aromatic rings. The van der Waals surface area contributed by atoms with Crippen LogP contribution in [0.4, 0.5) is 5.69 Å². The molecular formula is C22H27NO3. The number of ether oxygens (including phenoxy) is 1. The van der Waals surface area contributed by atoms with Crippen molar-refractivity contribution in [3.05, 3.63) is 65.2 Å². The molecule has 0 aliphatic carbocycles. The second-order valence-electron chi connectivity index (χ2n) is 6.70. The quantitative estimate of drug-likeness (QED) is 0.683. The molecule has 2 aromatic carbocycles. The first-order valence-corrected chi connectivity index (χ1v) is 9.15. The van der Waals surface area contributed by atoms with Gasteiger partial charge in [0.05, 0.1) is 5.56 Å². The Labute approximate surface area is 155 Å². The van der Waals surface area contributed by atoms with Crippen LogP contribution in [0.1, 0.15) is 61.0 Å². The molecule has 0 saturated heterocycles. The highest BCUT2D eigenvalue weighted by Gasteiger charge is 2.11. The minimum absolute atomic E-state index is 0.303. The maximum atomic E-state index is 12.0. The summed E-state index contributed by atoms with van der Waals surface area (Å²) in [7, 11) is 0. The van der Waals surface area contributed by atoms with Crippen LogP contribution >= 0.6 is 0 Å². The highest BCUT2D eigenvalue weighted by atomic mass is 16.5. The van der Waals surface area contributed by atoms with E-state index >= 15 is 0 Å². The van der Waals surface area contributed by atoms with Crippen LogP contribution in [-0.4, -0.2) is 18.5 Å². The summed E-state index contributed by atoms with van der Waals surface area (Å²) in [6, 6.07) is 15.0. The Morgan fingerprint density at radius 1 is 1.00 bits per heavy atom. The zero-order chi connectivity index (χ0) is 18.9. The average molecular weight is 353 g/mol. The van der Waals surface area contributed by atoms with Crippen LogP contribution in [0.25, 0.3) is 0 Å². The minimum atomic E-state index is -0.495. The molecule has 0 fully saturated rings. The van der Waals surface area contributed by atoms with E-state index in [4.69, 9.17) is 4.74 Å². The van der Waals surface area contributed by atoms with Crippen LogP contribution in [-0.2, 0) is 16.0 Å². The number of benzene rings is 2. The van der Waals surface area contributed by atoms with Gasteiger partial charge in [-0.2, -0.15) is 0 Å². The first kappa shape index (κ1) is 19.7. The van der Waals surface area contributed by atoms with E-state index in [0.29, 0.717) is 17.2 Å². The number of unbranched alkanes of at least 4 members (excludes halogenated alkanes) is 1. The number of amides is 1. The minimum Gasteiger partial charge on any atom is -0.452 e. The molecule has 26 heavy (non-hydrogen) atoms. The van der Waals surface area contributed by atoms with Crippen molar-refractivity contribution in [2.45, 2.75) is 46.0 Å². The lowest BCUT2D eigenvalue weighted by Crippen LogP contribution is -2.20. The highest BCUT2D eigenvalue weighted by Crippen LogP contribution is 2.15. The van der Waals surface area contributed by atoms with Gasteiger partial charge < -0.3 is 10.1 Å². The molecule has 0 aliphatic rings. The topological polar surface area (TPSA) is 55.4 Å². The molecule has 0 atom stereocenters. The summed E-state index contributed by atoms with van der Waals surface area (Å²) in [5.74, 6) is -0.442. The Morgan fingerprint density at radius 2 is 1.65 bits per heavy atom. The Kier molecular flexibility index (Phi) is 7.39. The Morgan fingerprint density at radius 3 is 2.23 bits per heavy atom. The van der Waals surface area contributed by atoms with Gasteiger partial charge in [-0.15, -0.1) is 0 Å². The lowest BCUT2D eigenvalue weighted by atomic mass is 10.0. The van der Waals surface area contributed by atoms with Crippen LogP contribution < -0.4 is 5.32 Å². The molecule has 4 heteroatoms. The Balaban J connectivity index is 1.81. The molecule has 0 unspecified atom stereocenters. The van der Waals surface area contributed by atoms with E-state index in [-0.39, 0.29) is 12.5 Å². The standard InChI is InChI=1S/C22H27NO3/c1-4-5-6-17-7-13-20(14-8-17)23-21(24)15-26-22(25)19-11-9-18(10-12-19)16(2)3/h7-14,16H,4-6,15H2,1-3H3,(H,23,24). The number of rotatable bonds is 8. The smallest absolute Gasteiger partial charge is 0.338 e. The molecular weight excluding hydrogens is 326 g/mol. The molecule has 0 aliphatic heterocycles. The van der Waals surface area contributed by atoms with E-state index in [1.54, 1.807) is 12.1 Å². The van der Waals surface area contributed by atoms with Crippen molar-refractivity contribution in [2.24, 2.45) is 0 Å². The summed E-state index contributed by atoms with van der Waals surface area (Å²) in [5, 5.41) is 2.74. The maximum Gasteiger partial charge on any atom is 0.338 e. The van der Waals surface area contributed by atoms with Gasteiger partial charge in [0.15, 0.2) is 6.61 Å². The van der Waals surface area contributed by atoms with Gasteiger partial charge in [0.1, 0.15) is 0 Å². The second-order valence-corrected chi connectivity index (χ2v) is 6.70. The Bertz CT molecular complexity index is 718. The number of carbonyl (C=O) groups excluding carboxylic acids is 2. The monoisotopic (exact) mass is 353 g/mol. The lowest BCUT2D eigenvalue weighted by Gasteiger charge is -2.09. The molecule has 1 amide bonds. The fourth-order valence-corrected chi connectivity index (χ4v) is 2.55. The summed E-state index contributed by atoms with van der Waals surface area (Å²) >= 11 is 0. The molecule has 0 aromatic heterocycles. The fourth-order valence-electron chi connectivity index (χ4n) is 2.55. The molecule has 0 bridgehead atoms. The van der Waals surface area contributed by atoms with Crippen LogP contribution in [0.5, 0.6) is 0 Å². The van der Waals surface area contributed by atoms with Crippen molar-refractivity contribution < 1.29 is 14.3 Å². The van der Waals surface area contributed by atoms with E-state index in [9.17, 15) is 9.59 Å². The number of anilines is 1. The van der Waals surface area contributed by atoms with Gasteiger partial charge in [-0.25, -0.2) is 4.79 Å². The first-order chi connectivity index (χ1) is 12.5. The van der Waals surface area contributed by atoms with E-state index in [2.05, 4.69) is 26.1 Å². The largest absolute Gasteiger partial charge is 0.452 e. The average Bonchev–Trinajstić information content (AvgIpc) is 2.65. The zero-order valence-corrected chi connectivity index (χ0v) is 15.7. The molecule has 138 valence electrons. The number of hydrogen-bond donors (Lipinski definition) is 1. The van der Waals surface area contributed by atoms with Gasteiger partial charge in [-0.05, 0) is 54.2 Å². The van der Waals surface area contributed by atoms with Crippen LogP contribution in [0.2, 0.25) is 0 Å². The van der Waals surface area contributed by atoms with E-state index in [1.807, 2.05) is 36.4 Å². The molecule has 1 N–H and O–H groups in total. The van der Waals surface area contributed by atoms with Gasteiger partial charge in [0, 0.05) is 5.69 Å². The summed E-state index contributed by atoms with van der Waals surface area (Å²) in [6.45, 7) is 6.04. The summed E-state index contributed by atoms with van der Waals surface area (Å²) in [4.78, 5) is 24.0. The molecule has 0 spiro atoms. The second kappa shape index (κ2) is 9.76. The van der Waals surface area contributed by atoms with Crippen LogP contribution in [0.15, 0.2) is 48.5 Å². The summed E-state index contributed by atoms with van der Waals surface area (Å²) in [6.07, 6.45) is 3.35. The van der Waals surface area contributed by atoms with Gasteiger partial charge in [0.25, 0.3) is 5.91 Å². The number of aryl methyl sites for hydroxylation is 1. The third-order valence-corrected chi connectivity index (χ3v) is 4.20. The van der Waals surface area contributed by atoms with Crippen LogP contribution in [0.3, 0.4) is 0 Å². The first-order valence-electron chi connectivity index (χ1n) is 9.15. The van der Waals surface area contributed by atoms with Gasteiger partial charge in [-0.1, -0.05) is 51.5 Å². The summed E-state index contributed by atoms with van der Waals surface area (Å²) in [5.41, 5.74) is 3.55. The van der Waals surface area contributed by atoms with Gasteiger partial charge >= 0.3 is 5.97 Å².